The SMILES string of the molecule is COc1ccc(-c2nc(-c3cc(OC)c(OC)c(OC)c3)[nH]c2-c2ccccc2)cc1OC. The Kier molecular flexibility index (Phi) is 6.40. The van der Waals surface area contributed by atoms with Crippen LogP contribution < -0.4 is 23.7 Å². The summed E-state index contributed by atoms with van der Waals surface area (Å²) in [5.74, 6) is 3.58. The lowest BCUT2D eigenvalue weighted by Crippen LogP contribution is -1.96. The third-order valence-electron chi connectivity index (χ3n) is 5.36. The quantitative estimate of drug-likeness (QED) is 0.388. The van der Waals surface area contributed by atoms with Crippen molar-refractivity contribution in [2.24, 2.45) is 0 Å². The number of methoxy groups -OCH3 is 5. The fourth-order valence-corrected chi connectivity index (χ4v) is 3.73. The molecule has 0 radical (unpaired) electrons. The molecule has 0 spiro atoms. The van der Waals surface area contributed by atoms with Crippen molar-refractivity contribution in [3.63, 3.8) is 0 Å². The van der Waals surface area contributed by atoms with Gasteiger partial charge in [-0.05, 0) is 30.3 Å². The van der Waals surface area contributed by atoms with E-state index in [0.29, 0.717) is 34.6 Å². The lowest BCUT2D eigenvalue weighted by Gasteiger charge is -2.13. The number of benzene rings is 3. The first-order chi connectivity index (χ1) is 16.1. The van der Waals surface area contributed by atoms with Gasteiger partial charge in [-0.3, -0.25) is 0 Å². The molecule has 1 N–H and O–H groups in total. The van der Waals surface area contributed by atoms with Crippen LogP contribution in [0.5, 0.6) is 28.7 Å². The van der Waals surface area contributed by atoms with Crippen LogP contribution in [0, 0.1) is 0 Å². The molecule has 1 aromatic heterocycles. The number of H-pyrrole nitrogens is 1. The molecule has 1 heterocycles. The highest BCUT2D eigenvalue weighted by atomic mass is 16.5. The van der Waals surface area contributed by atoms with Crippen molar-refractivity contribution in [3.05, 3.63) is 60.7 Å². The number of aromatic amines is 1. The fraction of sp³-hybridized carbons (Fsp3) is 0.192. The van der Waals surface area contributed by atoms with Gasteiger partial charge in [0.15, 0.2) is 23.0 Å². The first-order valence-corrected chi connectivity index (χ1v) is 10.3. The molecule has 0 saturated heterocycles. The molecule has 3 aromatic carbocycles. The van der Waals surface area contributed by atoms with E-state index in [1.54, 1.807) is 35.5 Å². The second-order valence-electron chi connectivity index (χ2n) is 7.16. The van der Waals surface area contributed by atoms with Gasteiger partial charge in [0.05, 0.1) is 46.9 Å². The van der Waals surface area contributed by atoms with Gasteiger partial charge in [0.2, 0.25) is 5.75 Å². The average molecular weight is 447 g/mol. The van der Waals surface area contributed by atoms with Crippen LogP contribution in [0.2, 0.25) is 0 Å². The van der Waals surface area contributed by atoms with Gasteiger partial charge in [-0.2, -0.15) is 0 Å². The minimum absolute atomic E-state index is 0.527. The number of hydrogen-bond donors (Lipinski definition) is 1. The summed E-state index contributed by atoms with van der Waals surface area (Å²) in [6, 6.07) is 19.5. The van der Waals surface area contributed by atoms with Crippen molar-refractivity contribution in [2.45, 2.75) is 0 Å². The number of aromatic nitrogens is 2. The minimum atomic E-state index is 0.527. The van der Waals surface area contributed by atoms with Gasteiger partial charge in [-0.15, -0.1) is 0 Å². The molecule has 0 unspecified atom stereocenters. The number of nitrogens with zero attached hydrogens (tertiary/aromatic N) is 1. The molecule has 0 aliphatic rings. The summed E-state index contributed by atoms with van der Waals surface area (Å²) in [6.07, 6.45) is 0. The van der Waals surface area contributed by atoms with Gasteiger partial charge in [0, 0.05) is 16.7 Å². The smallest absolute Gasteiger partial charge is 0.203 e. The zero-order valence-corrected chi connectivity index (χ0v) is 19.3. The zero-order chi connectivity index (χ0) is 23.4. The Morgan fingerprint density at radius 3 is 1.76 bits per heavy atom. The van der Waals surface area contributed by atoms with E-state index in [9.17, 15) is 0 Å². The summed E-state index contributed by atoms with van der Waals surface area (Å²) >= 11 is 0. The molecule has 4 aromatic rings. The molecule has 0 bridgehead atoms. The molecule has 0 atom stereocenters. The van der Waals surface area contributed by atoms with E-state index < -0.39 is 0 Å². The Morgan fingerprint density at radius 1 is 0.576 bits per heavy atom. The third kappa shape index (κ3) is 4.17. The van der Waals surface area contributed by atoms with Crippen LogP contribution in [0.4, 0.5) is 0 Å². The predicted octanol–water partition coefficient (Wildman–Crippen LogP) is 5.45. The van der Waals surface area contributed by atoms with E-state index in [2.05, 4.69) is 4.98 Å². The van der Waals surface area contributed by atoms with E-state index >= 15 is 0 Å². The highest BCUT2D eigenvalue weighted by molar-refractivity contribution is 5.82. The number of ether oxygens (including phenoxy) is 5. The zero-order valence-electron chi connectivity index (χ0n) is 19.3. The van der Waals surface area contributed by atoms with Crippen molar-refractivity contribution >= 4 is 0 Å². The van der Waals surface area contributed by atoms with E-state index in [0.717, 1.165) is 28.1 Å². The maximum absolute atomic E-state index is 5.53. The largest absolute Gasteiger partial charge is 0.493 e. The Hall–Kier alpha value is -4.13. The third-order valence-corrected chi connectivity index (χ3v) is 5.36. The molecule has 0 amide bonds. The van der Waals surface area contributed by atoms with E-state index in [-0.39, 0.29) is 0 Å². The summed E-state index contributed by atoms with van der Waals surface area (Å²) in [7, 11) is 7.99. The van der Waals surface area contributed by atoms with Gasteiger partial charge >= 0.3 is 0 Å². The summed E-state index contributed by atoms with van der Waals surface area (Å²) < 4.78 is 27.4. The van der Waals surface area contributed by atoms with Crippen LogP contribution in [-0.4, -0.2) is 45.5 Å². The topological polar surface area (TPSA) is 74.8 Å². The molecule has 170 valence electrons. The van der Waals surface area contributed by atoms with Crippen LogP contribution in [0.25, 0.3) is 33.9 Å². The van der Waals surface area contributed by atoms with Gasteiger partial charge in [0.25, 0.3) is 0 Å². The maximum Gasteiger partial charge on any atom is 0.203 e. The molecule has 0 aliphatic heterocycles. The van der Waals surface area contributed by atoms with Crippen molar-refractivity contribution in [1.29, 1.82) is 0 Å². The molecule has 4 rings (SSSR count). The van der Waals surface area contributed by atoms with Crippen molar-refractivity contribution in [1.82, 2.24) is 9.97 Å². The first-order valence-electron chi connectivity index (χ1n) is 10.3. The minimum Gasteiger partial charge on any atom is -0.493 e. The van der Waals surface area contributed by atoms with E-state index in [4.69, 9.17) is 28.7 Å². The number of nitrogens with one attached hydrogen (secondary N) is 1. The molecular weight excluding hydrogens is 420 g/mol. The highest BCUT2D eigenvalue weighted by Crippen LogP contribution is 2.42. The van der Waals surface area contributed by atoms with Crippen molar-refractivity contribution < 1.29 is 23.7 Å². The van der Waals surface area contributed by atoms with Gasteiger partial charge in [-0.1, -0.05) is 30.3 Å². The Bertz CT molecular complexity index is 1230. The summed E-state index contributed by atoms with van der Waals surface area (Å²) in [4.78, 5) is 8.44. The van der Waals surface area contributed by atoms with Crippen LogP contribution in [0.3, 0.4) is 0 Å². The second kappa shape index (κ2) is 9.56. The number of hydrogen-bond acceptors (Lipinski definition) is 6. The first kappa shape index (κ1) is 22.1. The van der Waals surface area contributed by atoms with Crippen LogP contribution in [-0.2, 0) is 0 Å². The highest BCUT2D eigenvalue weighted by Gasteiger charge is 2.20. The Balaban J connectivity index is 1.92. The standard InChI is InChI=1S/C26H26N2O5/c1-29-19-12-11-17(13-20(19)30-2)24-23(16-9-7-6-8-10-16)27-26(28-24)18-14-21(31-3)25(33-5)22(15-18)32-4/h6-15H,1-5H3,(H,27,28). The normalized spacial score (nSPS) is 10.6. The summed E-state index contributed by atoms with van der Waals surface area (Å²) in [6.45, 7) is 0. The van der Waals surface area contributed by atoms with Gasteiger partial charge in [0.1, 0.15) is 5.82 Å². The summed E-state index contributed by atoms with van der Waals surface area (Å²) in [5, 5.41) is 0. The van der Waals surface area contributed by atoms with Crippen LogP contribution >= 0.6 is 0 Å². The molecule has 0 fully saturated rings. The summed E-state index contributed by atoms with van der Waals surface area (Å²) in [5.41, 5.74) is 4.36. The number of imidazole rings is 1. The molecule has 0 aliphatic carbocycles. The van der Waals surface area contributed by atoms with Crippen molar-refractivity contribution in [2.75, 3.05) is 35.5 Å². The van der Waals surface area contributed by atoms with Gasteiger partial charge < -0.3 is 28.7 Å². The van der Waals surface area contributed by atoms with E-state index in [1.165, 1.54) is 0 Å². The van der Waals surface area contributed by atoms with E-state index in [1.807, 2.05) is 60.7 Å². The second-order valence-corrected chi connectivity index (χ2v) is 7.16. The van der Waals surface area contributed by atoms with Crippen molar-refractivity contribution in [3.8, 4) is 62.7 Å². The Labute approximate surface area is 192 Å². The van der Waals surface area contributed by atoms with Crippen LogP contribution in [0.1, 0.15) is 0 Å². The van der Waals surface area contributed by atoms with Crippen LogP contribution in [0.15, 0.2) is 60.7 Å². The molecule has 7 heteroatoms. The monoisotopic (exact) mass is 446 g/mol. The molecular formula is C26H26N2O5. The predicted molar refractivity (Wildman–Crippen MR) is 128 cm³/mol. The molecule has 33 heavy (non-hydrogen) atoms. The molecule has 7 nitrogen and oxygen atoms in total. The molecule has 0 saturated carbocycles. The lowest BCUT2D eigenvalue weighted by molar-refractivity contribution is 0.324. The Morgan fingerprint density at radius 2 is 1.18 bits per heavy atom. The van der Waals surface area contributed by atoms with Gasteiger partial charge in [-0.25, -0.2) is 4.98 Å². The fourth-order valence-electron chi connectivity index (χ4n) is 3.73. The maximum atomic E-state index is 5.53. The lowest BCUT2D eigenvalue weighted by atomic mass is 10.0. The average Bonchev–Trinajstić information content (AvgIpc) is 3.33. The number of rotatable bonds is 8.